The van der Waals surface area contributed by atoms with E-state index in [0.717, 1.165) is 11.3 Å². The number of rotatable bonds is 10. The topological polar surface area (TPSA) is 97.7 Å². The third-order valence-corrected chi connectivity index (χ3v) is 5.60. The van der Waals surface area contributed by atoms with Gasteiger partial charge in [0.2, 0.25) is 5.91 Å². The summed E-state index contributed by atoms with van der Waals surface area (Å²) in [5.41, 5.74) is 3.33. The zero-order valence-electron chi connectivity index (χ0n) is 21.0. The van der Waals surface area contributed by atoms with Crippen LogP contribution in [0.5, 0.6) is 11.5 Å². The highest BCUT2D eigenvalue weighted by Gasteiger charge is 2.17. The second-order valence-corrected chi connectivity index (χ2v) is 8.42. The fourth-order valence-electron chi connectivity index (χ4n) is 3.84. The number of para-hydroxylation sites is 1. The summed E-state index contributed by atoms with van der Waals surface area (Å²) in [6.07, 6.45) is 3.73. The van der Waals surface area contributed by atoms with Gasteiger partial charge < -0.3 is 20.1 Å². The third kappa shape index (κ3) is 6.53. The molecule has 0 saturated heterocycles. The van der Waals surface area contributed by atoms with Crippen molar-refractivity contribution in [3.05, 3.63) is 96.3 Å². The van der Waals surface area contributed by atoms with Crippen LogP contribution in [0.15, 0.2) is 85.2 Å². The van der Waals surface area contributed by atoms with E-state index in [1.54, 1.807) is 47.3 Å². The van der Waals surface area contributed by atoms with Gasteiger partial charge in [0.15, 0.2) is 0 Å². The molecule has 2 amide bonds. The largest absolute Gasteiger partial charge is 0.494 e. The molecule has 0 aliphatic carbocycles. The number of methoxy groups -OCH3 is 2. The van der Waals surface area contributed by atoms with E-state index in [4.69, 9.17) is 9.47 Å². The van der Waals surface area contributed by atoms with Crippen molar-refractivity contribution in [1.29, 1.82) is 0 Å². The molecule has 4 aromatic rings. The van der Waals surface area contributed by atoms with Crippen molar-refractivity contribution in [3.8, 4) is 17.2 Å². The van der Waals surface area contributed by atoms with Gasteiger partial charge in [0, 0.05) is 36.0 Å². The Bertz CT molecular complexity index is 1360. The van der Waals surface area contributed by atoms with Crippen LogP contribution in [0.2, 0.25) is 0 Å². The van der Waals surface area contributed by atoms with E-state index in [1.807, 2.05) is 54.5 Å². The Balaban J connectivity index is 1.40. The Hall–Kier alpha value is -4.63. The Labute approximate surface area is 215 Å². The van der Waals surface area contributed by atoms with Crippen molar-refractivity contribution in [2.24, 2.45) is 0 Å². The van der Waals surface area contributed by atoms with Gasteiger partial charge in [-0.25, -0.2) is 4.68 Å². The number of hydrogen-bond acceptors (Lipinski definition) is 6. The highest BCUT2D eigenvalue weighted by atomic mass is 16.5. The predicted molar refractivity (Wildman–Crippen MR) is 142 cm³/mol. The molecule has 9 nitrogen and oxygen atoms in total. The van der Waals surface area contributed by atoms with Gasteiger partial charge in [-0.2, -0.15) is 5.10 Å². The lowest BCUT2D eigenvalue weighted by Crippen LogP contribution is -2.29. The zero-order valence-corrected chi connectivity index (χ0v) is 21.0. The molecule has 0 fully saturated rings. The number of hydrogen-bond donors (Lipinski definition) is 2. The normalized spacial score (nSPS) is 10.7. The first kappa shape index (κ1) is 25.5. The van der Waals surface area contributed by atoms with Gasteiger partial charge in [0.05, 0.1) is 44.0 Å². The van der Waals surface area contributed by atoms with E-state index in [0.29, 0.717) is 35.0 Å². The standard InChI is InChI=1S/C28H29N5O4/c1-32(17-20-16-29-33(18-20)22-12-8-5-9-13-22)19-27(34)30-23-14-26(37-3)24(15-25(23)36-2)31-28(35)21-10-6-4-7-11-21/h4-16,18H,17,19H2,1-3H3,(H,30,34)(H,31,35). The molecule has 0 bridgehead atoms. The van der Waals surface area contributed by atoms with Crippen molar-refractivity contribution in [2.45, 2.75) is 6.54 Å². The molecule has 1 aromatic heterocycles. The molecule has 0 spiro atoms. The number of benzene rings is 3. The third-order valence-electron chi connectivity index (χ3n) is 5.60. The predicted octanol–water partition coefficient (Wildman–Crippen LogP) is 4.21. The smallest absolute Gasteiger partial charge is 0.255 e. The lowest BCUT2D eigenvalue weighted by molar-refractivity contribution is -0.117. The highest BCUT2D eigenvalue weighted by Crippen LogP contribution is 2.36. The average Bonchev–Trinajstić information content (AvgIpc) is 3.38. The number of ether oxygens (including phenoxy) is 2. The summed E-state index contributed by atoms with van der Waals surface area (Å²) in [7, 11) is 4.85. The number of anilines is 2. The Kier molecular flexibility index (Phi) is 8.17. The molecular weight excluding hydrogens is 470 g/mol. The number of aromatic nitrogens is 2. The molecule has 0 unspecified atom stereocenters. The van der Waals surface area contributed by atoms with Gasteiger partial charge in [-0.1, -0.05) is 36.4 Å². The van der Waals surface area contributed by atoms with Gasteiger partial charge in [-0.3, -0.25) is 14.5 Å². The molecule has 3 aromatic carbocycles. The molecule has 1 heterocycles. The van der Waals surface area contributed by atoms with Crippen molar-refractivity contribution in [2.75, 3.05) is 38.4 Å². The lowest BCUT2D eigenvalue weighted by Gasteiger charge is -2.18. The fraction of sp³-hybridized carbons (Fsp3) is 0.179. The number of nitrogens with zero attached hydrogens (tertiary/aromatic N) is 3. The summed E-state index contributed by atoms with van der Waals surface area (Å²) in [4.78, 5) is 27.3. The van der Waals surface area contributed by atoms with Crippen molar-refractivity contribution >= 4 is 23.2 Å². The van der Waals surface area contributed by atoms with E-state index in [-0.39, 0.29) is 18.4 Å². The van der Waals surface area contributed by atoms with Gasteiger partial charge in [-0.15, -0.1) is 0 Å². The number of carbonyl (C=O) groups excluding carboxylic acids is 2. The first-order valence-electron chi connectivity index (χ1n) is 11.7. The minimum Gasteiger partial charge on any atom is -0.494 e. The van der Waals surface area contributed by atoms with E-state index >= 15 is 0 Å². The first-order valence-corrected chi connectivity index (χ1v) is 11.7. The molecule has 0 atom stereocenters. The van der Waals surface area contributed by atoms with Gasteiger partial charge >= 0.3 is 0 Å². The van der Waals surface area contributed by atoms with Gasteiger partial charge in [0.1, 0.15) is 11.5 Å². The van der Waals surface area contributed by atoms with Crippen LogP contribution < -0.4 is 20.1 Å². The Morgan fingerprint density at radius 1 is 0.892 bits per heavy atom. The molecule has 4 rings (SSSR count). The van der Waals surface area contributed by atoms with Gasteiger partial charge in [-0.05, 0) is 31.3 Å². The molecule has 0 aliphatic heterocycles. The SMILES string of the molecule is COc1cc(NC(=O)c2ccccc2)c(OC)cc1NC(=O)CN(C)Cc1cnn(-c2ccccc2)c1. The molecule has 37 heavy (non-hydrogen) atoms. The fourth-order valence-corrected chi connectivity index (χ4v) is 3.84. The quantitative estimate of drug-likeness (QED) is 0.339. The second-order valence-electron chi connectivity index (χ2n) is 8.42. The van der Waals surface area contributed by atoms with Crippen molar-refractivity contribution in [3.63, 3.8) is 0 Å². The van der Waals surface area contributed by atoms with Crippen LogP contribution in [0.4, 0.5) is 11.4 Å². The summed E-state index contributed by atoms with van der Waals surface area (Å²) in [5, 5.41) is 10.1. The number of amides is 2. The summed E-state index contributed by atoms with van der Waals surface area (Å²) < 4.78 is 12.7. The van der Waals surface area contributed by atoms with Crippen LogP contribution in [0.3, 0.4) is 0 Å². The summed E-state index contributed by atoms with van der Waals surface area (Å²) in [6.45, 7) is 0.694. The molecule has 0 aliphatic rings. The van der Waals surface area contributed by atoms with Crippen molar-refractivity contribution < 1.29 is 19.1 Å². The molecule has 9 heteroatoms. The molecule has 190 valence electrons. The maximum atomic E-state index is 12.8. The maximum Gasteiger partial charge on any atom is 0.255 e. The van der Waals surface area contributed by atoms with Crippen LogP contribution in [-0.4, -0.2) is 54.3 Å². The van der Waals surface area contributed by atoms with Crippen LogP contribution in [0.25, 0.3) is 5.69 Å². The molecular formula is C28H29N5O4. The van der Waals surface area contributed by atoms with E-state index in [1.165, 1.54) is 14.2 Å². The monoisotopic (exact) mass is 499 g/mol. The lowest BCUT2D eigenvalue weighted by atomic mass is 10.2. The summed E-state index contributed by atoms with van der Waals surface area (Å²) in [5.74, 6) is 0.278. The zero-order chi connectivity index (χ0) is 26.2. The summed E-state index contributed by atoms with van der Waals surface area (Å²) >= 11 is 0. The maximum absolute atomic E-state index is 12.8. The first-order chi connectivity index (χ1) is 18.0. The molecule has 0 radical (unpaired) electrons. The van der Waals surface area contributed by atoms with E-state index in [9.17, 15) is 9.59 Å². The van der Waals surface area contributed by atoms with Crippen LogP contribution >= 0.6 is 0 Å². The molecule has 0 saturated carbocycles. The molecule has 2 N–H and O–H groups in total. The number of carbonyl (C=O) groups is 2. The highest BCUT2D eigenvalue weighted by molar-refractivity contribution is 6.05. The summed E-state index contributed by atoms with van der Waals surface area (Å²) in [6, 6.07) is 21.9. The van der Waals surface area contributed by atoms with Crippen LogP contribution in [-0.2, 0) is 11.3 Å². The van der Waals surface area contributed by atoms with Crippen molar-refractivity contribution in [1.82, 2.24) is 14.7 Å². The van der Waals surface area contributed by atoms with Gasteiger partial charge in [0.25, 0.3) is 5.91 Å². The minimum absolute atomic E-state index is 0.147. The number of nitrogens with one attached hydrogen (secondary N) is 2. The number of likely N-dealkylation sites (N-methyl/N-ethyl adjacent to an activating group) is 1. The Morgan fingerprint density at radius 2 is 1.49 bits per heavy atom. The minimum atomic E-state index is -0.282. The van der Waals surface area contributed by atoms with Crippen LogP contribution in [0.1, 0.15) is 15.9 Å². The van der Waals surface area contributed by atoms with E-state index in [2.05, 4.69) is 15.7 Å². The Morgan fingerprint density at radius 3 is 2.11 bits per heavy atom. The van der Waals surface area contributed by atoms with Crippen LogP contribution in [0, 0.1) is 0 Å². The second kappa shape index (κ2) is 11.9. The van der Waals surface area contributed by atoms with E-state index < -0.39 is 0 Å². The average molecular weight is 500 g/mol.